The van der Waals surface area contributed by atoms with Gasteiger partial charge in [-0.3, -0.25) is 14.0 Å². The maximum absolute atomic E-state index is 12.7. The van der Waals surface area contributed by atoms with Crippen LogP contribution in [0.25, 0.3) is 5.65 Å². The van der Waals surface area contributed by atoms with Gasteiger partial charge in [0.2, 0.25) is 0 Å². The maximum Gasteiger partial charge on any atom is 0.270 e. The van der Waals surface area contributed by atoms with Crippen molar-refractivity contribution in [3.63, 3.8) is 0 Å². The molecule has 0 radical (unpaired) electrons. The van der Waals surface area contributed by atoms with Crippen molar-refractivity contribution in [2.45, 2.75) is 44.9 Å². The summed E-state index contributed by atoms with van der Waals surface area (Å²) >= 11 is 0. The van der Waals surface area contributed by atoms with Crippen molar-refractivity contribution in [3.8, 4) is 0 Å². The van der Waals surface area contributed by atoms with Crippen LogP contribution in [0.1, 0.15) is 59.6 Å². The zero-order chi connectivity index (χ0) is 18.8. The van der Waals surface area contributed by atoms with E-state index in [9.17, 15) is 9.59 Å². The number of aromatic nitrogens is 2. The molecule has 138 valence electrons. The number of nitrogens with one attached hydrogen (secondary N) is 1. The number of hydrogen-bond donors (Lipinski definition) is 1. The Balaban J connectivity index is 1.55. The molecule has 0 aliphatic heterocycles. The van der Waals surface area contributed by atoms with E-state index in [1.54, 1.807) is 6.07 Å². The highest BCUT2D eigenvalue weighted by atomic mass is 16.2. The van der Waals surface area contributed by atoms with Crippen LogP contribution < -0.4 is 10.9 Å². The Morgan fingerprint density at radius 1 is 1.07 bits per heavy atom. The van der Waals surface area contributed by atoms with Gasteiger partial charge in [-0.1, -0.05) is 37.5 Å². The van der Waals surface area contributed by atoms with E-state index in [1.165, 1.54) is 48.3 Å². The lowest BCUT2D eigenvalue weighted by atomic mass is 9.84. The predicted octanol–water partition coefficient (Wildman–Crippen LogP) is 4.30. The van der Waals surface area contributed by atoms with E-state index in [2.05, 4.69) is 22.4 Å². The molecule has 1 aliphatic carbocycles. The van der Waals surface area contributed by atoms with Crippen LogP contribution >= 0.6 is 0 Å². The van der Waals surface area contributed by atoms with Crippen molar-refractivity contribution in [2.75, 3.05) is 5.32 Å². The van der Waals surface area contributed by atoms with Crippen molar-refractivity contribution < 1.29 is 4.79 Å². The monoisotopic (exact) mass is 361 g/mol. The molecule has 2 heterocycles. The van der Waals surface area contributed by atoms with Crippen LogP contribution in [0, 0.1) is 6.92 Å². The highest BCUT2D eigenvalue weighted by Crippen LogP contribution is 2.32. The summed E-state index contributed by atoms with van der Waals surface area (Å²) in [5.41, 5.74) is 2.99. The number of anilines is 1. The lowest BCUT2D eigenvalue weighted by Gasteiger charge is -2.22. The van der Waals surface area contributed by atoms with Crippen LogP contribution in [0.3, 0.4) is 0 Å². The largest absolute Gasteiger partial charge is 0.322 e. The minimum absolute atomic E-state index is 0.0400. The van der Waals surface area contributed by atoms with Crippen LogP contribution in [0.5, 0.6) is 0 Å². The Bertz CT molecular complexity index is 1030. The van der Waals surface area contributed by atoms with Crippen LogP contribution in [0.2, 0.25) is 0 Å². The van der Waals surface area contributed by atoms with E-state index in [-0.39, 0.29) is 11.1 Å². The standard InChI is InChI=1S/C22H23N3O2/c1-15-6-5-9-20-23-14-19(22(27)25(15)20)21(26)24-18-12-10-17(11-13-18)16-7-3-2-4-8-16/h5-6,9-14,16H,2-4,7-8H2,1H3,(H,24,26). The highest BCUT2D eigenvalue weighted by Gasteiger charge is 2.17. The first-order chi connectivity index (χ1) is 13.1. The Morgan fingerprint density at radius 2 is 1.81 bits per heavy atom. The third-order valence-electron chi connectivity index (χ3n) is 5.41. The third kappa shape index (κ3) is 3.50. The fraction of sp³-hybridized carbons (Fsp3) is 0.318. The summed E-state index contributed by atoms with van der Waals surface area (Å²) in [4.78, 5) is 29.6. The van der Waals surface area contributed by atoms with Crippen LogP contribution in [-0.2, 0) is 0 Å². The molecule has 5 nitrogen and oxygen atoms in total. The second kappa shape index (κ2) is 7.35. The Morgan fingerprint density at radius 3 is 2.56 bits per heavy atom. The molecule has 1 amide bonds. The average Bonchev–Trinajstić information content (AvgIpc) is 2.69. The molecular formula is C22H23N3O2. The third-order valence-corrected chi connectivity index (χ3v) is 5.41. The molecule has 5 heteroatoms. The molecular weight excluding hydrogens is 338 g/mol. The van der Waals surface area contributed by atoms with Gasteiger partial charge < -0.3 is 5.32 Å². The Labute approximate surface area is 158 Å². The average molecular weight is 361 g/mol. The summed E-state index contributed by atoms with van der Waals surface area (Å²) in [5.74, 6) is 0.191. The van der Waals surface area contributed by atoms with E-state index in [1.807, 2.05) is 31.2 Å². The number of carbonyl (C=O) groups is 1. The van der Waals surface area contributed by atoms with Crippen LogP contribution in [0.4, 0.5) is 5.69 Å². The summed E-state index contributed by atoms with van der Waals surface area (Å²) in [7, 11) is 0. The molecule has 1 aliphatic rings. The molecule has 27 heavy (non-hydrogen) atoms. The SMILES string of the molecule is Cc1cccc2ncc(C(=O)Nc3ccc(C4CCCCC4)cc3)c(=O)n12. The van der Waals surface area contributed by atoms with E-state index in [0.29, 0.717) is 17.3 Å². The van der Waals surface area contributed by atoms with Crippen molar-refractivity contribution >= 4 is 17.2 Å². The number of nitrogens with zero attached hydrogens (tertiary/aromatic N) is 2. The van der Waals surface area contributed by atoms with E-state index in [0.717, 1.165) is 5.69 Å². The second-order valence-corrected chi connectivity index (χ2v) is 7.25. The number of rotatable bonds is 3. The lowest BCUT2D eigenvalue weighted by Crippen LogP contribution is -2.27. The molecule has 0 atom stereocenters. The zero-order valence-corrected chi connectivity index (χ0v) is 15.4. The van der Waals surface area contributed by atoms with Crippen molar-refractivity contribution in [1.29, 1.82) is 0 Å². The van der Waals surface area contributed by atoms with E-state index < -0.39 is 5.91 Å². The van der Waals surface area contributed by atoms with Crippen molar-refractivity contribution in [3.05, 3.63) is 75.8 Å². The molecule has 4 rings (SSSR count). The smallest absolute Gasteiger partial charge is 0.270 e. The van der Waals surface area contributed by atoms with Crippen molar-refractivity contribution in [1.82, 2.24) is 9.38 Å². The van der Waals surface area contributed by atoms with E-state index in [4.69, 9.17) is 0 Å². The Kier molecular flexibility index (Phi) is 4.75. The maximum atomic E-state index is 12.7. The highest BCUT2D eigenvalue weighted by molar-refractivity contribution is 6.03. The predicted molar refractivity (Wildman–Crippen MR) is 106 cm³/mol. The van der Waals surface area contributed by atoms with Gasteiger partial charge in [-0.25, -0.2) is 4.98 Å². The number of hydrogen-bond acceptors (Lipinski definition) is 3. The summed E-state index contributed by atoms with van der Waals surface area (Å²) in [5, 5.41) is 2.82. The van der Waals surface area contributed by atoms with Crippen LogP contribution in [0.15, 0.2) is 53.5 Å². The minimum atomic E-state index is -0.435. The number of benzene rings is 1. The van der Waals surface area contributed by atoms with Gasteiger partial charge in [0.15, 0.2) is 0 Å². The summed E-state index contributed by atoms with van der Waals surface area (Å²) in [6.07, 6.45) is 7.75. The van der Waals surface area contributed by atoms with Gasteiger partial charge in [0.1, 0.15) is 11.2 Å². The summed E-state index contributed by atoms with van der Waals surface area (Å²) < 4.78 is 1.46. The summed E-state index contributed by atoms with van der Waals surface area (Å²) in [6, 6.07) is 13.4. The molecule has 0 saturated heterocycles. The van der Waals surface area contributed by atoms with Crippen LogP contribution in [-0.4, -0.2) is 15.3 Å². The van der Waals surface area contributed by atoms with Gasteiger partial charge in [0, 0.05) is 17.6 Å². The van der Waals surface area contributed by atoms with Gasteiger partial charge in [0.25, 0.3) is 11.5 Å². The number of aryl methyl sites for hydroxylation is 1. The van der Waals surface area contributed by atoms with Gasteiger partial charge >= 0.3 is 0 Å². The molecule has 0 spiro atoms. The molecule has 1 aromatic carbocycles. The fourth-order valence-electron chi connectivity index (χ4n) is 3.90. The normalized spacial score (nSPS) is 15.0. The Hall–Kier alpha value is -2.95. The fourth-order valence-corrected chi connectivity index (χ4v) is 3.90. The number of pyridine rings is 1. The molecule has 1 fully saturated rings. The molecule has 1 saturated carbocycles. The number of carbonyl (C=O) groups excluding carboxylic acids is 1. The van der Waals surface area contributed by atoms with Gasteiger partial charge in [-0.15, -0.1) is 0 Å². The van der Waals surface area contributed by atoms with E-state index >= 15 is 0 Å². The number of fused-ring (bicyclic) bond motifs is 1. The second-order valence-electron chi connectivity index (χ2n) is 7.25. The quantitative estimate of drug-likeness (QED) is 0.756. The topological polar surface area (TPSA) is 63.5 Å². The summed E-state index contributed by atoms with van der Waals surface area (Å²) in [6.45, 7) is 1.82. The van der Waals surface area contributed by atoms with Gasteiger partial charge in [-0.2, -0.15) is 0 Å². The first kappa shape index (κ1) is 17.5. The molecule has 1 N–H and O–H groups in total. The molecule has 0 bridgehead atoms. The van der Waals surface area contributed by atoms with Crippen molar-refractivity contribution in [2.24, 2.45) is 0 Å². The van der Waals surface area contributed by atoms with Gasteiger partial charge in [-0.05, 0) is 55.5 Å². The molecule has 3 aromatic rings. The first-order valence-corrected chi connectivity index (χ1v) is 9.52. The molecule has 0 unspecified atom stereocenters. The molecule has 2 aromatic heterocycles. The zero-order valence-electron chi connectivity index (χ0n) is 15.4. The number of amides is 1. The minimum Gasteiger partial charge on any atom is -0.322 e. The first-order valence-electron chi connectivity index (χ1n) is 9.52. The lowest BCUT2D eigenvalue weighted by molar-refractivity contribution is 0.102. The van der Waals surface area contributed by atoms with Gasteiger partial charge in [0.05, 0.1) is 0 Å².